The predicted octanol–water partition coefficient (Wildman–Crippen LogP) is 1.01. The van der Waals surface area contributed by atoms with Crippen LogP contribution in [0.15, 0.2) is 0 Å². The maximum absolute atomic E-state index is 10.0. The van der Waals surface area contributed by atoms with Crippen molar-refractivity contribution in [3.05, 3.63) is 10.1 Å². The second kappa shape index (κ2) is 10.1. The van der Waals surface area contributed by atoms with Gasteiger partial charge >= 0.3 is 0 Å². The van der Waals surface area contributed by atoms with Gasteiger partial charge in [0.05, 0.1) is 12.7 Å². The smallest absolute Gasteiger partial charge is 0.294 e. The van der Waals surface area contributed by atoms with Crippen molar-refractivity contribution in [3.8, 4) is 0 Å². The van der Waals surface area contributed by atoms with Gasteiger partial charge in [-0.2, -0.15) is 0 Å². The van der Waals surface area contributed by atoms with E-state index in [0.29, 0.717) is 12.4 Å². The Hall–Kier alpha value is -0.770. The Morgan fingerprint density at radius 2 is 2.05 bits per heavy atom. The van der Waals surface area contributed by atoms with Gasteiger partial charge in [-0.15, -0.1) is 10.1 Å². The van der Waals surface area contributed by atoms with E-state index < -0.39 is 22.3 Å². The Morgan fingerprint density at radius 3 is 2.53 bits per heavy atom. The summed E-state index contributed by atoms with van der Waals surface area (Å²) >= 11 is -1.57. The highest BCUT2D eigenvalue weighted by Crippen LogP contribution is 2.28. The summed E-state index contributed by atoms with van der Waals surface area (Å²) in [5.74, 6) is 0.333. The Labute approximate surface area is 114 Å². The lowest BCUT2D eigenvalue weighted by Crippen LogP contribution is -2.31. The minimum atomic E-state index is -1.57. The molecule has 1 N–H and O–H groups in total. The Bertz CT molecular complexity index is 289. The fourth-order valence-electron chi connectivity index (χ4n) is 1.63. The van der Waals surface area contributed by atoms with Gasteiger partial charge in [-0.1, -0.05) is 20.8 Å². The fraction of sp³-hybridized carbons (Fsp3) is 1.00. The molecule has 0 aromatic heterocycles. The molecule has 4 atom stereocenters. The molecule has 0 saturated carbocycles. The lowest BCUT2D eigenvalue weighted by atomic mass is 10.1. The van der Waals surface area contributed by atoms with Crippen molar-refractivity contribution in [2.75, 3.05) is 19.0 Å². The molecule has 2 heterocycles. The highest BCUT2D eigenvalue weighted by molar-refractivity contribution is 7.79. The first-order chi connectivity index (χ1) is 9.04. The molecule has 0 spiro atoms. The number of nitrogens with zero attached hydrogens (tertiary/aromatic N) is 1. The molecule has 0 amide bonds. The zero-order chi connectivity index (χ0) is 14.8. The second-order valence-corrected chi connectivity index (χ2v) is 4.69. The molecule has 114 valence electrons. The van der Waals surface area contributed by atoms with Crippen LogP contribution in [-0.4, -0.2) is 51.1 Å². The molecule has 2 fully saturated rings. The molecule has 2 aliphatic rings. The topological polar surface area (TPSA) is 108 Å². The van der Waals surface area contributed by atoms with E-state index in [1.54, 1.807) is 6.92 Å². The minimum absolute atomic E-state index is 0.00468. The quantitative estimate of drug-likeness (QED) is 0.470. The summed E-state index contributed by atoms with van der Waals surface area (Å²) in [7, 11) is 0. The van der Waals surface area contributed by atoms with E-state index in [1.165, 1.54) is 0 Å². The summed E-state index contributed by atoms with van der Waals surface area (Å²) in [6.45, 7) is 6.51. The third-order valence-electron chi connectivity index (χ3n) is 2.39. The zero-order valence-corrected chi connectivity index (χ0v) is 12.1. The van der Waals surface area contributed by atoms with Crippen LogP contribution in [0.1, 0.15) is 27.2 Å². The molecule has 0 bridgehead atoms. The molecule has 2 rings (SSSR count). The van der Waals surface area contributed by atoms with Gasteiger partial charge in [-0.3, -0.25) is 0 Å². The van der Waals surface area contributed by atoms with Crippen LogP contribution < -0.4 is 0 Å². The number of rotatable bonds is 3. The van der Waals surface area contributed by atoms with Crippen LogP contribution in [0.3, 0.4) is 0 Å². The Morgan fingerprint density at radius 1 is 1.47 bits per heavy atom. The van der Waals surface area contributed by atoms with E-state index in [9.17, 15) is 14.3 Å². The molecular weight excluding hydrogens is 278 g/mol. The van der Waals surface area contributed by atoms with E-state index in [0.717, 1.165) is 6.42 Å². The van der Waals surface area contributed by atoms with Gasteiger partial charge in [-0.05, 0) is 6.42 Å². The van der Waals surface area contributed by atoms with Crippen LogP contribution in [0.25, 0.3) is 0 Å². The second-order valence-electron chi connectivity index (χ2n) is 3.47. The molecule has 19 heavy (non-hydrogen) atoms. The van der Waals surface area contributed by atoms with Crippen LogP contribution in [0.2, 0.25) is 0 Å². The van der Waals surface area contributed by atoms with Crippen LogP contribution in [0, 0.1) is 10.1 Å². The monoisotopic (exact) mass is 299 g/mol. The van der Waals surface area contributed by atoms with Gasteiger partial charge in [0.2, 0.25) is 0 Å². The number of fused-ring (bicyclic) bond motifs is 1. The fourth-order valence-corrected chi connectivity index (χ4v) is 1.63. The summed E-state index contributed by atoms with van der Waals surface area (Å²) in [6, 6.07) is 0. The SMILES string of the molecule is CC.CCS(=O)O.O=[N+]([O-])O[C@@H]1CO[C@@H]2CCO[C@@H]21. The zero-order valence-electron chi connectivity index (χ0n) is 11.3. The van der Waals surface area contributed by atoms with Crippen molar-refractivity contribution >= 4 is 11.1 Å². The standard InChI is InChI=1S/C6H9NO5.C2H6O2S.C2H6/c8-7(9)12-5-3-11-4-1-2-10-6(4)5;1-2-5(3)4;1-2/h4-6H,1-3H2;2H2,1H3,(H,3,4);1-2H3/t4-,5-,6+;;/m1../s1. The van der Waals surface area contributed by atoms with Gasteiger partial charge in [0, 0.05) is 12.4 Å². The molecule has 8 nitrogen and oxygen atoms in total. The van der Waals surface area contributed by atoms with Crippen LogP contribution in [-0.2, 0) is 25.4 Å². The van der Waals surface area contributed by atoms with Crippen molar-refractivity contribution in [2.24, 2.45) is 0 Å². The van der Waals surface area contributed by atoms with Crippen LogP contribution in [0.5, 0.6) is 0 Å². The minimum Gasteiger partial charge on any atom is -0.373 e. The van der Waals surface area contributed by atoms with E-state index in [-0.39, 0.29) is 18.8 Å². The number of hydrogen-bond donors (Lipinski definition) is 1. The Balaban J connectivity index is 0.000000396. The molecule has 2 aliphatic heterocycles. The maximum Gasteiger partial charge on any atom is 0.294 e. The molecular formula is C10H21NO7S. The van der Waals surface area contributed by atoms with Crippen molar-refractivity contribution in [1.29, 1.82) is 0 Å². The first-order valence-electron chi connectivity index (χ1n) is 6.16. The molecule has 0 aromatic rings. The Kier molecular flexibility index (Phi) is 9.66. The molecule has 0 aliphatic carbocycles. The van der Waals surface area contributed by atoms with Crippen molar-refractivity contribution in [2.45, 2.75) is 45.5 Å². The summed E-state index contributed by atoms with van der Waals surface area (Å²) < 4.78 is 27.8. The van der Waals surface area contributed by atoms with Gasteiger partial charge < -0.3 is 18.9 Å². The van der Waals surface area contributed by atoms with E-state index in [1.807, 2.05) is 13.8 Å². The van der Waals surface area contributed by atoms with Gasteiger partial charge in [0.15, 0.2) is 17.2 Å². The summed E-state index contributed by atoms with van der Waals surface area (Å²) in [4.78, 5) is 14.4. The lowest BCUT2D eigenvalue weighted by molar-refractivity contribution is -0.769. The predicted molar refractivity (Wildman–Crippen MR) is 68.6 cm³/mol. The van der Waals surface area contributed by atoms with Crippen molar-refractivity contribution in [3.63, 3.8) is 0 Å². The van der Waals surface area contributed by atoms with E-state index >= 15 is 0 Å². The third-order valence-corrected chi connectivity index (χ3v) is 2.88. The van der Waals surface area contributed by atoms with Gasteiger partial charge in [0.25, 0.3) is 5.09 Å². The first-order valence-corrected chi connectivity index (χ1v) is 7.44. The van der Waals surface area contributed by atoms with E-state index in [2.05, 4.69) is 4.84 Å². The van der Waals surface area contributed by atoms with Gasteiger partial charge in [-0.25, -0.2) is 4.21 Å². The molecule has 2 saturated heterocycles. The normalized spacial score (nSPS) is 29.2. The largest absolute Gasteiger partial charge is 0.373 e. The highest BCUT2D eigenvalue weighted by atomic mass is 32.2. The van der Waals surface area contributed by atoms with Gasteiger partial charge in [0.1, 0.15) is 6.10 Å². The number of ether oxygens (including phenoxy) is 2. The molecule has 1 unspecified atom stereocenters. The third kappa shape index (κ3) is 6.81. The molecule has 0 aromatic carbocycles. The summed E-state index contributed by atoms with van der Waals surface area (Å²) in [6.07, 6.45) is 0.0280. The average Bonchev–Trinajstić information content (AvgIpc) is 2.97. The lowest BCUT2D eigenvalue weighted by Gasteiger charge is -2.12. The molecule has 9 heteroatoms. The first kappa shape index (κ1) is 18.2. The van der Waals surface area contributed by atoms with Crippen molar-refractivity contribution in [1.82, 2.24) is 0 Å². The molecule has 0 radical (unpaired) electrons. The summed E-state index contributed by atoms with van der Waals surface area (Å²) in [5.41, 5.74) is 0. The van der Waals surface area contributed by atoms with Crippen LogP contribution in [0.4, 0.5) is 0 Å². The number of hydrogen-bond acceptors (Lipinski definition) is 6. The summed E-state index contributed by atoms with van der Waals surface area (Å²) in [5, 5.41) is 9.22. The average molecular weight is 299 g/mol. The van der Waals surface area contributed by atoms with Crippen molar-refractivity contribution < 1.29 is 28.2 Å². The maximum atomic E-state index is 10.0. The highest BCUT2D eigenvalue weighted by Gasteiger charge is 2.43. The van der Waals surface area contributed by atoms with E-state index in [4.69, 9.17) is 14.0 Å². The van der Waals surface area contributed by atoms with Crippen LogP contribution >= 0.6 is 0 Å².